The summed E-state index contributed by atoms with van der Waals surface area (Å²) in [5.74, 6) is 2.25. The zero-order valence-electron chi connectivity index (χ0n) is 71.8. The molecule has 108 heavy (non-hydrogen) atoms. The fraction of sp³-hybridized carbons (Fsp3) is 0.505. The number of hydrogen-bond donors (Lipinski definition) is 2. The summed E-state index contributed by atoms with van der Waals surface area (Å²) < 4.78 is 23.5. The van der Waals surface area contributed by atoms with E-state index in [-0.39, 0.29) is 80.7 Å². The molecular weight excluding hydrogens is 1370 g/mol. The van der Waals surface area contributed by atoms with E-state index in [1.807, 2.05) is 0 Å². The van der Waals surface area contributed by atoms with Gasteiger partial charge in [-0.05, 0) is 236 Å². The van der Waals surface area contributed by atoms with Gasteiger partial charge in [0.1, 0.15) is 36.2 Å². The molecule has 577 valence electrons. The van der Waals surface area contributed by atoms with Gasteiger partial charge in [0.2, 0.25) is 0 Å². The van der Waals surface area contributed by atoms with E-state index in [9.17, 15) is 10.2 Å². The molecule has 9 heteroatoms. The van der Waals surface area contributed by atoms with E-state index in [0.29, 0.717) is 19.6 Å². The van der Waals surface area contributed by atoms with Crippen LogP contribution in [0.4, 0.5) is 0 Å². The summed E-state index contributed by atoms with van der Waals surface area (Å²) >= 11 is 0. The third-order valence-corrected chi connectivity index (χ3v) is 22.6. The Balaban J connectivity index is 0.00000105. The van der Waals surface area contributed by atoms with Gasteiger partial charge in [0.25, 0.3) is 0 Å². The van der Waals surface area contributed by atoms with Gasteiger partial charge in [-0.2, -0.15) is 0 Å². The third kappa shape index (κ3) is 18.2. The molecule has 1 radical (unpaired) electrons. The number of aromatic hydroxyl groups is 2. The van der Waals surface area contributed by atoms with Gasteiger partial charge in [-0.1, -0.05) is 220 Å². The van der Waals surface area contributed by atoms with Crippen LogP contribution in [0.2, 0.25) is 19.6 Å². The molecule has 1 aliphatic heterocycles. The van der Waals surface area contributed by atoms with Crippen LogP contribution in [0.1, 0.15) is 264 Å². The summed E-state index contributed by atoms with van der Waals surface area (Å²) in [5, 5.41) is 31.9. The van der Waals surface area contributed by atoms with Crippen molar-refractivity contribution in [3.63, 3.8) is 0 Å². The van der Waals surface area contributed by atoms with Crippen molar-refractivity contribution in [2.24, 2.45) is 10.8 Å². The molecule has 3 N–H and O–H groups in total. The average Bonchev–Trinajstić information content (AvgIpc) is 1.50. The minimum atomic E-state index is -0.861. The normalized spacial score (nSPS) is 14.6. The number of benzene rings is 8. The number of phenolic OH excluding ortho intramolecular Hbond substituents is 2. The molecule has 0 amide bonds. The van der Waals surface area contributed by atoms with E-state index in [2.05, 4.69) is 315 Å². The molecule has 3 heterocycles. The van der Waals surface area contributed by atoms with E-state index in [4.69, 9.17) is 9.47 Å². The molecule has 7 nitrogen and oxygen atoms in total. The van der Waals surface area contributed by atoms with Crippen molar-refractivity contribution in [2.75, 3.05) is 26.4 Å². The van der Waals surface area contributed by atoms with E-state index in [1.165, 1.54) is 101 Å². The van der Waals surface area contributed by atoms with Crippen LogP contribution in [0, 0.1) is 31.2 Å². The summed E-state index contributed by atoms with van der Waals surface area (Å²) in [7, 11) is -0.861. The molecular formula is C99H134N2O5ScSi. The van der Waals surface area contributed by atoms with Crippen molar-refractivity contribution in [3.05, 3.63) is 183 Å². The number of aliphatic hydroxyl groups is 2. The second-order valence-corrected chi connectivity index (χ2v) is 46.5. The Kier molecular flexibility index (Phi) is 24.1. The monoisotopic (exact) mass is 1500 g/mol. The first-order valence-electron chi connectivity index (χ1n) is 40.5. The molecule has 0 atom stereocenters. The van der Waals surface area contributed by atoms with Gasteiger partial charge in [-0.15, -0.1) is 8.07 Å². The van der Waals surface area contributed by atoms with E-state index >= 15 is 0 Å². The second-order valence-electron chi connectivity index (χ2n) is 41.4. The SMILES string of the molecule is C1CC[OH+]C1.Cc1cc(-c2cc(C(C)(C)CC(C)(C)C)cc(-n3c4cc(C(C)(C)C)ccc4c4ccc(C(C)(C)C)cc43)c2O)c(OCCCOc2c(-c3cc(C(C)(C)CC(C)(C)C)cc(-n4c5cc(C(C)(C)C)ccc5c5ccc(C(C)(C)C)cc54)c3O)cc(C)c3c2CCC3)c2c1CCC2.[CH2-][Si](C)(C)C.[Sc]. The van der Waals surface area contributed by atoms with Gasteiger partial charge < -0.3 is 40.1 Å². The minimum absolute atomic E-state index is 0. The van der Waals surface area contributed by atoms with Crippen LogP contribution in [-0.4, -0.2) is 58.6 Å². The van der Waals surface area contributed by atoms with Crippen molar-refractivity contribution < 1.29 is 50.3 Å². The molecule has 0 unspecified atom stereocenters. The van der Waals surface area contributed by atoms with Crippen LogP contribution in [0.25, 0.3) is 77.2 Å². The molecule has 2 aliphatic carbocycles. The number of aryl methyl sites for hydroxylation is 2. The number of aromatic nitrogens is 2. The van der Waals surface area contributed by atoms with Gasteiger partial charge >= 0.3 is 0 Å². The quantitative estimate of drug-likeness (QED) is 0.0492. The maximum Gasteiger partial charge on any atom is 0.147 e. The molecule has 1 saturated heterocycles. The van der Waals surface area contributed by atoms with Crippen molar-refractivity contribution >= 4 is 51.7 Å². The first kappa shape index (κ1) is 84.1. The smallest absolute Gasteiger partial charge is 0.147 e. The largest absolute Gasteiger partial charge is 0.505 e. The molecule has 0 saturated carbocycles. The van der Waals surface area contributed by atoms with Crippen LogP contribution in [-0.2, 0) is 84.0 Å². The van der Waals surface area contributed by atoms with Gasteiger partial charge in [-0.3, -0.25) is 0 Å². The summed E-state index contributed by atoms with van der Waals surface area (Å²) in [6.45, 7) is 69.1. The maximum atomic E-state index is 13.6. The van der Waals surface area contributed by atoms with Crippen molar-refractivity contribution in [1.82, 2.24) is 9.13 Å². The maximum absolute atomic E-state index is 13.6. The molecule has 2 aromatic heterocycles. The van der Waals surface area contributed by atoms with Gasteiger partial charge in [0.05, 0.1) is 46.7 Å². The Hall–Kier alpha value is -6.39. The van der Waals surface area contributed by atoms with E-state index in [1.54, 1.807) is 0 Å². The Morgan fingerprint density at radius 2 is 0.676 bits per heavy atom. The molecule has 10 aromatic rings. The molecule has 8 aromatic carbocycles. The van der Waals surface area contributed by atoms with Crippen LogP contribution in [0.3, 0.4) is 0 Å². The van der Waals surface area contributed by atoms with E-state index in [0.717, 1.165) is 132 Å². The van der Waals surface area contributed by atoms with E-state index < -0.39 is 8.07 Å². The number of phenols is 2. The fourth-order valence-electron chi connectivity index (χ4n) is 17.7. The fourth-order valence-corrected chi connectivity index (χ4v) is 17.7. The Labute approximate surface area is 671 Å². The predicted molar refractivity (Wildman–Crippen MR) is 464 cm³/mol. The summed E-state index contributed by atoms with van der Waals surface area (Å²) in [6.07, 6.45) is 11.1. The van der Waals surface area contributed by atoms with Gasteiger partial charge in [0.15, 0.2) is 0 Å². The minimum Gasteiger partial charge on any atom is -0.505 e. The molecule has 0 spiro atoms. The van der Waals surface area contributed by atoms with Crippen molar-refractivity contribution in [1.29, 1.82) is 0 Å². The summed E-state index contributed by atoms with van der Waals surface area (Å²) in [4.78, 5) is 0. The van der Waals surface area contributed by atoms with Crippen LogP contribution in [0.5, 0.6) is 23.0 Å². The van der Waals surface area contributed by atoms with Gasteiger partial charge in [-0.25, -0.2) is 0 Å². The number of nitrogens with zero attached hydrogens (tertiary/aromatic N) is 2. The Morgan fingerprint density at radius 1 is 0.389 bits per heavy atom. The van der Waals surface area contributed by atoms with Crippen LogP contribution < -0.4 is 9.47 Å². The predicted octanol–water partition coefficient (Wildman–Crippen LogP) is 26.7. The Bertz CT molecular complexity index is 4520. The molecule has 1 fully saturated rings. The van der Waals surface area contributed by atoms with Crippen LogP contribution >= 0.6 is 0 Å². The van der Waals surface area contributed by atoms with Crippen molar-refractivity contribution in [3.8, 4) is 56.6 Å². The third-order valence-electron chi connectivity index (χ3n) is 22.6. The standard InChI is InChI=1S/C91H114N2O4.C4H8O.C4H11Si.Sc/c1-54-42-72(70-44-60(90(21,22)52-84(3,4)5)50-78(80(70)94)92-74-46-56(86(9,10)11)32-36-64(74)65-37-33-57(47-75(65)92)87(12,13)14)82(68-30-25-28-62(54)68)96-40-27-41-97-83-69-31-26-29-63(69)55(2)43-73(83)71-45-61(91(23,24)53-85(6,7)8)51-79(81(71)95)93-76-48-58(88(15,16)17)34-38-66(76)67-39-35-59(49-77(67)93)89(18,19)20;1-2-4-5-3-1;1-5(2,3)4;/h32-39,42-51,94-95H,25-31,40-41,52-53H2,1-24H3;1-4H2;1H2,2-4H3;/q;;-1;/p+1. The zero-order valence-corrected chi connectivity index (χ0v) is 74.6. The number of hydrogen-bond acceptors (Lipinski definition) is 4. The van der Waals surface area contributed by atoms with Crippen molar-refractivity contribution in [2.45, 2.75) is 289 Å². The van der Waals surface area contributed by atoms with Gasteiger partial charge in [0, 0.05) is 88.9 Å². The average molecular weight is 1510 g/mol. The molecule has 13 rings (SSSR count). The summed E-state index contributed by atoms with van der Waals surface area (Å²) in [6, 6.07) is 41.6. The zero-order chi connectivity index (χ0) is 78.4. The molecule has 3 aliphatic rings. The van der Waals surface area contributed by atoms with Crippen LogP contribution in [0.15, 0.2) is 109 Å². The number of fused-ring (bicyclic) bond motifs is 8. The second kappa shape index (κ2) is 30.9. The topological polar surface area (TPSA) is 81.6 Å². The summed E-state index contributed by atoms with van der Waals surface area (Å²) in [5.41, 5.74) is 23.6. The number of rotatable bonds is 14. The first-order chi connectivity index (χ1) is 49.5. The molecule has 0 bridgehead atoms. The number of ether oxygens (including phenoxy) is 3. The first-order valence-corrected chi connectivity index (χ1v) is 44.2. The Morgan fingerprint density at radius 3 is 0.935 bits per heavy atom.